The van der Waals surface area contributed by atoms with Crippen LogP contribution < -0.4 is 5.32 Å². The lowest BCUT2D eigenvalue weighted by Crippen LogP contribution is -2.33. The van der Waals surface area contributed by atoms with Crippen LogP contribution in [0.1, 0.15) is 66.8 Å². The highest BCUT2D eigenvalue weighted by molar-refractivity contribution is 5.93. The Morgan fingerprint density at radius 1 is 1.25 bits per heavy atom. The molecule has 1 aliphatic heterocycles. The summed E-state index contributed by atoms with van der Waals surface area (Å²) >= 11 is 0. The normalized spacial score (nSPS) is 15.0. The molecular weight excluding hydrogens is 357 g/mol. The van der Waals surface area contributed by atoms with Crippen molar-refractivity contribution < 1.29 is 9.18 Å². The van der Waals surface area contributed by atoms with Crippen molar-refractivity contribution in [2.45, 2.75) is 58.5 Å². The lowest BCUT2D eigenvalue weighted by molar-refractivity contribution is 0.0733. The molecule has 6 nitrogen and oxygen atoms in total. The second-order valence-electron chi connectivity index (χ2n) is 7.51. The number of nitrogens with zero attached hydrogens (tertiary/aromatic N) is 4. The molecule has 0 aliphatic carbocycles. The fourth-order valence-corrected chi connectivity index (χ4v) is 3.70. The number of benzene rings is 1. The van der Waals surface area contributed by atoms with E-state index in [1.165, 1.54) is 12.1 Å². The topological polar surface area (TPSA) is 63.1 Å². The van der Waals surface area contributed by atoms with Gasteiger partial charge in [-0.3, -0.25) is 4.79 Å². The third-order valence-electron chi connectivity index (χ3n) is 5.39. The number of carbonyl (C=O) groups is 1. The average molecular weight is 388 g/mol. The number of hydrogen-bond acceptors (Lipinski definition) is 4. The van der Waals surface area contributed by atoms with Crippen LogP contribution in [-0.2, 0) is 6.54 Å². The number of rotatable bonds is 8. The SMILES string of the molecule is CCCCCN(Cc1ccc(F)cc1)C(=O)c1nnn(C2CCNCC2)c1C. The Hall–Kier alpha value is -2.28. The molecule has 7 heteroatoms. The zero-order valence-electron chi connectivity index (χ0n) is 16.8. The molecule has 1 fully saturated rings. The van der Waals surface area contributed by atoms with Crippen LogP contribution in [0, 0.1) is 12.7 Å². The minimum Gasteiger partial charge on any atom is -0.333 e. The van der Waals surface area contributed by atoms with Crippen molar-refractivity contribution in [3.8, 4) is 0 Å². The highest BCUT2D eigenvalue weighted by Gasteiger charge is 2.26. The average Bonchev–Trinajstić information content (AvgIpc) is 3.10. The van der Waals surface area contributed by atoms with E-state index in [-0.39, 0.29) is 11.7 Å². The number of piperidine rings is 1. The van der Waals surface area contributed by atoms with Gasteiger partial charge in [-0.05, 0) is 57.0 Å². The lowest BCUT2D eigenvalue weighted by atomic mass is 10.1. The van der Waals surface area contributed by atoms with Gasteiger partial charge in [0.25, 0.3) is 5.91 Å². The molecule has 2 aromatic rings. The molecule has 1 aliphatic rings. The van der Waals surface area contributed by atoms with Crippen molar-refractivity contribution in [1.82, 2.24) is 25.2 Å². The third-order valence-corrected chi connectivity index (χ3v) is 5.39. The quantitative estimate of drug-likeness (QED) is 0.705. The van der Waals surface area contributed by atoms with Gasteiger partial charge >= 0.3 is 0 Å². The molecule has 28 heavy (non-hydrogen) atoms. The van der Waals surface area contributed by atoms with E-state index in [9.17, 15) is 9.18 Å². The van der Waals surface area contributed by atoms with E-state index in [1.54, 1.807) is 12.1 Å². The highest BCUT2D eigenvalue weighted by atomic mass is 19.1. The van der Waals surface area contributed by atoms with Crippen LogP contribution in [0.15, 0.2) is 24.3 Å². The molecule has 2 heterocycles. The van der Waals surface area contributed by atoms with E-state index in [4.69, 9.17) is 0 Å². The molecule has 1 saturated heterocycles. The summed E-state index contributed by atoms with van der Waals surface area (Å²) in [7, 11) is 0. The molecule has 0 bridgehead atoms. The molecule has 1 amide bonds. The van der Waals surface area contributed by atoms with Gasteiger partial charge in [0, 0.05) is 13.1 Å². The fraction of sp³-hybridized carbons (Fsp3) is 0.571. The molecule has 0 saturated carbocycles. The summed E-state index contributed by atoms with van der Waals surface area (Å²) in [6.07, 6.45) is 5.07. The van der Waals surface area contributed by atoms with Crippen molar-refractivity contribution in [2.75, 3.05) is 19.6 Å². The zero-order valence-corrected chi connectivity index (χ0v) is 16.8. The molecule has 1 aromatic heterocycles. The van der Waals surface area contributed by atoms with Gasteiger partial charge < -0.3 is 10.2 Å². The van der Waals surface area contributed by atoms with E-state index in [0.717, 1.165) is 56.5 Å². The summed E-state index contributed by atoms with van der Waals surface area (Å²) in [6.45, 7) is 7.09. The summed E-state index contributed by atoms with van der Waals surface area (Å²) in [5.41, 5.74) is 2.17. The van der Waals surface area contributed by atoms with E-state index in [0.29, 0.717) is 24.8 Å². The van der Waals surface area contributed by atoms with Gasteiger partial charge in [-0.15, -0.1) is 5.10 Å². The minimum absolute atomic E-state index is 0.0990. The van der Waals surface area contributed by atoms with Gasteiger partial charge in [0.1, 0.15) is 5.82 Å². The van der Waals surface area contributed by atoms with Gasteiger partial charge in [-0.1, -0.05) is 37.1 Å². The van der Waals surface area contributed by atoms with Gasteiger partial charge in [0.2, 0.25) is 0 Å². The molecule has 3 rings (SSSR count). The Kier molecular flexibility index (Phi) is 7.14. The van der Waals surface area contributed by atoms with Gasteiger partial charge in [-0.2, -0.15) is 0 Å². The van der Waals surface area contributed by atoms with Crippen LogP contribution in [0.5, 0.6) is 0 Å². The summed E-state index contributed by atoms with van der Waals surface area (Å²) in [6, 6.07) is 6.62. The number of halogens is 1. The fourth-order valence-electron chi connectivity index (χ4n) is 3.70. The largest absolute Gasteiger partial charge is 0.333 e. The predicted molar refractivity (Wildman–Crippen MR) is 107 cm³/mol. The second kappa shape index (κ2) is 9.78. The van der Waals surface area contributed by atoms with Crippen LogP contribution in [0.3, 0.4) is 0 Å². The van der Waals surface area contributed by atoms with Crippen molar-refractivity contribution in [1.29, 1.82) is 0 Å². The van der Waals surface area contributed by atoms with Crippen molar-refractivity contribution in [3.63, 3.8) is 0 Å². The minimum atomic E-state index is -0.270. The molecule has 152 valence electrons. The number of carbonyl (C=O) groups excluding carboxylic acids is 1. The smallest absolute Gasteiger partial charge is 0.276 e. The molecule has 1 aromatic carbocycles. The third kappa shape index (κ3) is 4.95. The second-order valence-corrected chi connectivity index (χ2v) is 7.51. The first kappa shape index (κ1) is 20.5. The zero-order chi connectivity index (χ0) is 19.9. The number of nitrogens with one attached hydrogen (secondary N) is 1. The standard InChI is InChI=1S/C21H30FN5O/c1-3-4-5-14-26(15-17-6-8-18(22)9-7-17)21(28)20-16(2)27(25-24-20)19-10-12-23-13-11-19/h6-9,19,23H,3-5,10-15H2,1-2H3. The molecule has 0 atom stereocenters. The Bertz CT molecular complexity index is 768. The van der Waals surface area contributed by atoms with Crippen LogP contribution in [0.25, 0.3) is 0 Å². The number of amides is 1. The van der Waals surface area contributed by atoms with Crippen molar-refractivity contribution in [3.05, 3.63) is 47.0 Å². The molecule has 0 unspecified atom stereocenters. The maximum atomic E-state index is 13.3. The Balaban J connectivity index is 1.77. The Labute approximate surface area is 166 Å². The van der Waals surface area contributed by atoms with Crippen LogP contribution in [0.2, 0.25) is 0 Å². The van der Waals surface area contributed by atoms with Crippen LogP contribution in [0.4, 0.5) is 4.39 Å². The van der Waals surface area contributed by atoms with E-state index in [1.807, 2.05) is 16.5 Å². The maximum Gasteiger partial charge on any atom is 0.276 e. The highest BCUT2D eigenvalue weighted by Crippen LogP contribution is 2.21. The molecule has 1 N–H and O–H groups in total. The maximum absolute atomic E-state index is 13.3. The molecule has 0 radical (unpaired) electrons. The molecular formula is C21H30FN5O. The first-order valence-electron chi connectivity index (χ1n) is 10.3. The van der Waals surface area contributed by atoms with E-state index >= 15 is 0 Å². The first-order valence-corrected chi connectivity index (χ1v) is 10.3. The van der Waals surface area contributed by atoms with Gasteiger partial charge in [0.15, 0.2) is 5.69 Å². The monoisotopic (exact) mass is 387 g/mol. The number of unbranched alkanes of at least 4 members (excludes halogenated alkanes) is 2. The Morgan fingerprint density at radius 2 is 1.96 bits per heavy atom. The predicted octanol–water partition coefficient (Wildman–Crippen LogP) is 3.48. The molecule has 0 spiro atoms. The van der Waals surface area contributed by atoms with E-state index in [2.05, 4.69) is 22.6 Å². The van der Waals surface area contributed by atoms with Gasteiger partial charge in [-0.25, -0.2) is 9.07 Å². The summed E-state index contributed by atoms with van der Waals surface area (Å²) < 4.78 is 15.1. The van der Waals surface area contributed by atoms with Crippen LogP contribution in [-0.4, -0.2) is 45.4 Å². The Morgan fingerprint density at radius 3 is 2.64 bits per heavy atom. The summed E-state index contributed by atoms with van der Waals surface area (Å²) in [5, 5.41) is 11.9. The van der Waals surface area contributed by atoms with Gasteiger partial charge in [0.05, 0.1) is 11.7 Å². The van der Waals surface area contributed by atoms with Crippen LogP contribution >= 0.6 is 0 Å². The van der Waals surface area contributed by atoms with Crippen molar-refractivity contribution >= 4 is 5.91 Å². The lowest BCUT2D eigenvalue weighted by Gasteiger charge is -2.24. The summed E-state index contributed by atoms with van der Waals surface area (Å²) in [5.74, 6) is -0.369. The van der Waals surface area contributed by atoms with Crippen molar-refractivity contribution in [2.24, 2.45) is 0 Å². The summed E-state index contributed by atoms with van der Waals surface area (Å²) in [4.78, 5) is 15.1. The number of aromatic nitrogens is 3. The number of hydrogen-bond donors (Lipinski definition) is 1. The first-order chi connectivity index (χ1) is 13.6. The van der Waals surface area contributed by atoms with E-state index < -0.39 is 0 Å².